The van der Waals surface area contributed by atoms with Crippen molar-refractivity contribution in [1.82, 2.24) is 0 Å². The Morgan fingerprint density at radius 3 is 2.77 bits per heavy atom. The molecule has 1 aromatic carbocycles. The molecule has 1 aromatic rings. The van der Waals surface area contributed by atoms with Gasteiger partial charge in [0, 0.05) is 23.5 Å². The lowest BCUT2D eigenvalue weighted by Crippen LogP contribution is -2.09. The van der Waals surface area contributed by atoms with Gasteiger partial charge in [0.2, 0.25) is 0 Å². The van der Waals surface area contributed by atoms with Gasteiger partial charge in [0.15, 0.2) is 0 Å². The van der Waals surface area contributed by atoms with Gasteiger partial charge in [-0.3, -0.25) is 0 Å². The minimum absolute atomic E-state index is 0.0899. The summed E-state index contributed by atoms with van der Waals surface area (Å²) in [5, 5.41) is 0. The number of ether oxygens (including phenoxy) is 2. The Morgan fingerprint density at radius 1 is 1.18 bits per heavy atom. The average molecular weight is 296 g/mol. The zero-order valence-electron chi connectivity index (χ0n) is 12.2. The van der Waals surface area contributed by atoms with Crippen LogP contribution < -0.4 is 0 Å². The highest BCUT2D eigenvalue weighted by Gasteiger charge is 2.45. The van der Waals surface area contributed by atoms with Crippen molar-refractivity contribution in [1.29, 1.82) is 0 Å². The van der Waals surface area contributed by atoms with Crippen molar-refractivity contribution < 1.29 is 19.1 Å². The lowest BCUT2D eigenvalue weighted by Gasteiger charge is -2.08. The second kappa shape index (κ2) is 4.83. The summed E-state index contributed by atoms with van der Waals surface area (Å²) >= 11 is 0. The first kappa shape index (κ1) is 13.3. The van der Waals surface area contributed by atoms with Crippen molar-refractivity contribution in [3.8, 4) is 0 Å². The Hall–Kier alpha value is -2.36. The van der Waals surface area contributed by atoms with Gasteiger partial charge in [-0.25, -0.2) is 9.59 Å². The molecule has 0 amide bonds. The van der Waals surface area contributed by atoms with E-state index in [1.807, 2.05) is 24.3 Å². The second-order valence-corrected chi connectivity index (χ2v) is 6.02. The molecule has 0 aromatic heterocycles. The fraction of sp³-hybridized carbons (Fsp3) is 0.333. The summed E-state index contributed by atoms with van der Waals surface area (Å²) in [5.74, 6) is -0.426. The van der Waals surface area contributed by atoms with Crippen LogP contribution >= 0.6 is 0 Å². The SMILES string of the molecule is CC1=C[C@H](C/C=C2/C(=O)O[C@@H]3c4ccccc4C[C@H]23)OC1=O. The molecule has 22 heavy (non-hydrogen) atoms. The van der Waals surface area contributed by atoms with Crippen molar-refractivity contribution in [3.05, 3.63) is 58.7 Å². The number of esters is 2. The zero-order valence-corrected chi connectivity index (χ0v) is 12.2. The Morgan fingerprint density at radius 2 is 2.00 bits per heavy atom. The molecular formula is C18H16O4. The first-order chi connectivity index (χ1) is 10.6. The second-order valence-electron chi connectivity index (χ2n) is 6.02. The summed E-state index contributed by atoms with van der Waals surface area (Å²) in [5.41, 5.74) is 3.71. The van der Waals surface area contributed by atoms with Crippen LogP contribution in [0, 0.1) is 5.92 Å². The predicted molar refractivity (Wildman–Crippen MR) is 78.8 cm³/mol. The van der Waals surface area contributed by atoms with Gasteiger partial charge in [-0.2, -0.15) is 0 Å². The molecule has 0 unspecified atom stereocenters. The standard InChI is InChI=1S/C18H16O4/c1-10-8-12(21-17(10)19)6-7-14-15-9-11-4-2-3-5-13(11)16(15)22-18(14)20/h2-5,7-8,12,15-16H,6,9H2,1H3/b14-7+/t12-,15+,16+/m0/s1. The van der Waals surface area contributed by atoms with Crippen LogP contribution in [0.2, 0.25) is 0 Å². The van der Waals surface area contributed by atoms with Crippen LogP contribution in [0.3, 0.4) is 0 Å². The molecule has 0 saturated carbocycles. The fourth-order valence-corrected chi connectivity index (χ4v) is 3.52. The molecule has 4 rings (SSSR count). The number of carbonyl (C=O) groups excluding carboxylic acids is 2. The molecular weight excluding hydrogens is 280 g/mol. The van der Waals surface area contributed by atoms with Crippen molar-refractivity contribution in [3.63, 3.8) is 0 Å². The number of rotatable bonds is 2. The van der Waals surface area contributed by atoms with E-state index in [0.29, 0.717) is 12.0 Å². The Labute approximate surface area is 128 Å². The number of hydrogen-bond donors (Lipinski definition) is 0. The predicted octanol–water partition coefficient (Wildman–Crippen LogP) is 2.65. The monoisotopic (exact) mass is 296 g/mol. The summed E-state index contributed by atoms with van der Waals surface area (Å²) in [6.45, 7) is 1.74. The van der Waals surface area contributed by atoms with Gasteiger partial charge in [0.25, 0.3) is 0 Å². The maximum Gasteiger partial charge on any atom is 0.334 e. The first-order valence-corrected chi connectivity index (χ1v) is 7.51. The molecule has 0 bridgehead atoms. The topological polar surface area (TPSA) is 52.6 Å². The van der Waals surface area contributed by atoms with E-state index in [1.165, 1.54) is 5.56 Å². The van der Waals surface area contributed by atoms with E-state index in [4.69, 9.17) is 9.47 Å². The van der Waals surface area contributed by atoms with Crippen LogP contribution in [0.15, 0.2) is 47.6 Å². The quantitative estimate of drug-likeness (QED) is 0.622. The number of fused-ring (bicyclic) bond motifs is 3. The van der Waals surface area contributed by atoms with Crippen molar-refractivity contribution >= 4 is 11.9 Å². The number of cyclic esters (lactones) is 1. The molecule has 4 heteroatoms. The maximum absolute atomic E-state index is 12.1. The molecule has 3 atom stereocenters. The van der Waals surface area contributed by atoms with Gasteiger partial charge in [0.1, 0.15) is 12.2 Å². The van der Waals surface area contributed by atoms with E-state index in [2.05, 4.69) is 6.07 Å². The molecule has 3 aliphatic rings. The lowest BCUT2D eigenvalue weighted by atomic mass is 9.95. The van der Waals surface area contributed by atoms with E-state index >= 15 is 0 Å². The minimum Gasteiger partial charge on any atom is -0.454 e. The molecule has 2 aliphatic heterocycles. The van der Waals surface area contributed by atoms with Crippen molar-refractivity contribution in [2.75, 3.05) is 0 Å². The highest BCUT2D eigenvalue weighted by molar-refractivity contribution is 5.92. The van der Waals surface area contributed by atoms with Crippen molar-refractivity contribution in [2.45, 2.75) is 32.0 Å². The van der Waals surface area contributed by atoms with E-state index in [1.54, 1.807) is 13.0 Å². The van der Waals surface area contributed by atoms with Crippen LogP contribution in [0.4, 0.5) is 0 Å². The third kappa shape index (κ3) is 1.98. The summed E-state index contributed by atoms with van der Waals surface area (Å²) in [6.07, 6.45) is 4.62. The maximum atomic E-state index is 12.1. The number of carbonyl (C=O) groups is 2. The normalized spacial score (nSPS) is 30.9. The third-order valence-electron chi connectivity index (χ3n) is 4.62. The lowest BCUT2D eigenvalue weighted by molar-refractivity contribution is -0.139. The van der Waals surface area contributed by atoms with Crippen molar-refractivity contribution in [2.24, 2.45) is 5.92 Å². The highest BCUT2D eigenvalue weighted by atomic mass is 16.6. The summed E-state index contributed by atoms with van der Waals surface area (Å²) in [6, 6.07) is 8.10. The molecule has 4 nitrogen and oxygen atoms in total. The van der Waals surface area contributed by atoms with E-state index < -0.39 is 0 Å². The number of hydrogen-bond acceptors (Lipinski definition) is 4. The Kier molecular flexibility index (Phi) is 2.93. The Balaban J connectivity index is 1.55. The zero-order chi connectivity index (χ0) is 15.3. The number of benzene rings is 1. The van der Waals surface area contributed by atoms with Crippen LogP contribution in [-0.4, -0.2) is 18.0 Å². The van der Waals surface area contributed by atoms with Gasteiger partial charge in [-0.1, -0.05) is 30.3 Å². The highest BCUT2D eigenvalue weighted by Crippen LogP contribution is 2.47. The molecule has 0 radical (unpaired) electrons. The van der Waals surface area contributed by atoms with Gasteiger partial charge in [-0.05, 0) is 30.5 Å². The fourth-order valence-electron chi connectivity index (χ4n) is 3.52. The van der Waals surface area contributed by atoms with E-state index in [-0.39, 0.29) is 30.1 Å². The molecule has 2 heterocycles. The minimum atomic E-state index is -0.274. The third-order valence-corrected chi connectivity index (χ3v) is 4.62. The molecule has 1 saturated heterocycles. The van der Waals surface area contributed by atoms with Crippen LogP contribution in [0.5, 0.6) is 0 Å². The molecule has 0 N–H and O–H groups in total. The molecule has 1 fully saturated rings. The van der Waals surface area contributed by atoms with Gasteiger partial charge < -0.3 is 9.47 Å². The summed E-state index contributed by atoms with van der Waals surface area (Å²) in [4.78, 5) is 23.5. The van der Waals surface area contributed by atoms with E-state index in [9.17, 15) is 9.59 Å². The van der Waals surface area contributed by atoms with Crippen LogP contribution in [-0.2, 0) is 25.5 Å². The van der Waals surface area contributed by atoms with Gasteiger partial charge >= 0.3 is 11.9 Å². The van der Waals surface area contributed by atoms with Gasteiger partial charge in [0.05, 0.1) is 0 Å². The molecule has 112 valence electrons. The Bertz CT molecular complexity index is 728. The molecule has 0 spiro atoms. The van der Waals surface area contributed by atoms with E-state index in [0.717, 1.165) is 17.6 Å². The average Bonchev–Trinajstić information content (AvgIpc) is 3.10. The smallest absolute Gasteiger partial charge is 0.334 e. The molecule has 1 aliphatic carbocycles. The van der Waals surface area contributed by atoms with Crippen LogP contribution in [0.25, 0.3) is 0 Å². The first-order valence-electron chi connectivity index (χ1n) is 7.51. The summed E-state index contributed by atoms with van der Waals surface area (Å²) in [7, 11) is 0. The van der Waals surface area contributed by atoms with Crippen LogP contribution in [0.1, 0.15) is 30.6 Å². The van der Waals surface area contributed by atoms with Gasteiger partial charge in [-0.15, -0.1) is 0 Å². The largest absolute Gasteiger partial charge is 0.454 e. The summed E-state index contributed by atoms with van der Waals surface area (Å²) < 4.78 is 10.8.